The van der Waals surface area contributed by atoms with Crippen molar-refractivity contribution in [3.63, 3.8) is 0 Å². The topological polar surface area (TPSA) is 74.6 Å². The zero-order valence-corrected chi connectivity index (χ0v) is 15.6. The third kappa shape index (κ3) is 5.28. The highest BCUT2D eigenvalue weighted by atomic mass is 16.4. The molecule has 3 aromatic rings. The predicted octanol–water partition coefficient (Wildman–Crippen LogP) is 5.36. The smallest absolute Gasteiger partial charge is 0.336 e. The second-order valence-corrected chi connectivity index (χ2v) is 6.33. The first-order valence-corrected chi connectivity index (χ1v) is 8.49. The Morgan fingerprint density at radius 2 is 1.15 bits per heavy atom. The Morgan fingerprint density at radius 3 is 1.59 bits per heavy atom. The van der Waals surface area contributed by atoms with E-state index >= 15 is 0 Å². The van der Waals surface area contributed by atoms with Crippen molar-refractivity contribution in [1.29, 1.82) is 0 Å². The lowest BCUT2D eigenvalue weighted by Gasteiger charge is -2.05. The zero-order chi connectivity index (χ0) is 20.0. The maximum absolute atomic E-state index is 10.8. The van der Waals surface area contributed by atoms with Gasteiger partial charge in [0.05, 0.1) is 11.1 Å². The van der Waals surface area contributed by atoms with Crippen LogP contribution in [0.2, 0.25) is 0 Å². The molecule has 3 rings (SSSR count). The molecule has 0 radical (unpaired) electrons. The zero-order valence-electron chi connectivity index (χ0n) is 15.6. The molecule has 138 valence electrons. The summed E-state index contributed by atoms with van der Waals surface area (Å²) in [4.78, 5) is 21.4. The number of benzene rings is 3. The quantitative estimate of drug-likeness (QED) is 0.657. The molecule has 0 saturated heterocycles. The van der Waals surface area contributed by atoms with Gasteiger partial charge in [-0.25, -0.2) is 9.59 Å². The summed E-state index contributed by atoms with van der Waals surface area (Å²) in [5, 5.41) is 17.6. The van der Waals surface area contributed by atoms with E-state index in [4.69, 9.17) is 10.2 Å². The summed E-state index contributed by atoms with van der Waals surface area (Å²) in [7, 11) is 0. The Bertz CT molecular complexity index is 919. The van der Waals surface area contributed by atoms with Crippen molar-refractivity contribution in [2.75, 3.05) is 0 Å². The number of carboxylic acids is 2. The highest BCUT2D eigenvalue weighted by Gasteiger charge is 2.10. The first-order chi connectivity index (χ1) is 12.8. The molecule has 0 bridgehead atoms. The molecule has 0 amide bonds. The van der Waals surface area contributed by atoms with Crippen molar-refractivity contribution in [3.8, 4) is 11.1 Å². The molecule has 27 heavy (non-hydrogen) atoms. The molecule has 0 aliphatic rings. The van der Waals surface area contributed by atoms with Crippen LogP contribution in [-0.4, -0.2) is 22.2 Å². The van der Waals surface area contributed by atoms with E-state index in [9.17, 15) is 9.59 Å². The van der Waals surface area contributed by atoms with Gasteiger partial charge in [0.2, 0.25) is 0 Å². The average Bonchev–Trinajstić information content (AvgIpc) is 2.62. The lowest BCUT2D eigenvalue weighted by atomic mass is 10.0. The predicted molar refractivity (Wildman–Crippen MR) is 106 cm³/mol. The summed E-state index contributed by atoms with van der Waals surface area (Å²) in [5.41, 5.74) is 5.64. The molecule has 0 saturated carbocycles. The van der Waals surface area contributed by atoms with E-state index in [1.165, 1.54) is 0 Å². The molecule has 0 spiro atoms. The summed E-state index contributed by atoms with van der Waals surface area (Å²) in [5.74, 6) is -1.74. The van der Waals surface area contributed by atoms with Gasteiger partial charge in [-0.2, -0.15) is 0 Å². The second-order valence-electron chi connectivity index (χ2n) is 6.33. The largest absolute Gasteiger partial charge is 0.478 e. The first kappa shape index (κ1) is 19.9. The van der Waals surface area contributed by atoms with Crippen LogP contribution in [0.25, 0.3) is 11.1 Å². The van der Waals surface area contributed by atoms with Crippen LogP contribution in [0.15, 0.2) is 66.7 Å². The van der Waals surface area contributed by atoms with Crippen molar-refractivity contribution in [2.24, 2.45) is 0 Å². The maximum atomic E-state index is 10.8. The molecular weight excluding hydrogens is 340 g/mol. The van der Waals surface area contributed by atoms with Crippen LogP contribution >= 0.6 is 0 Å². The maximum Gasteiger partial charge on any atom is 0.336 e. The minimum Gasteiger partial charge on any atom is -0.478 e. The third-order valence-electron chi connectivity index (χ3n) is 4.13. The molecule has 2 N–H and O–H groups in total. The van der Waals surface area contributed by atoms with Gasteiger partial charge in [-0.1, -0.05) is 60.2 Å². The van der Waals surface area contributed by atoms with E-state index < -0.39 is 11.9 Å². The van der Waals surface area contributed by atoms with Crippen molar-refractivity contribution in [2.45, 2.75) is 20.8 Å². The van der Waals surface area contributed by atoms with Crippen LogP contribution in [0.1, 0.15) is 37.4 Å². The lowest BCUT2D eigenvalue weighted by molar-refractivity contribution is 0.0685. The summed E-state index contributed by atoms with van der Waals surface area (Å²) in [6.45, 7) is 5.61. The number of rotatable bonds is 3. The number of carbonyl (C=O) groups is 2. The normalized spacial score (nSPS) is 9.89. The van der Waals surface area contributed by atoms with Crippen LogP contribution in [0.5, 0.6) is 0 Å². The Labute approximate surface area is 158 Å². The number of aryl methyl sites for hydroxylation is 3. The highest BCUT2D eigenvalue weighted by Crippen LogP contribution is 2.19. The summed E-state index contributed by atoms with van der Waals surface area (Å²) < 4.78 is 0. The van der Waals surface area contributed by atoms with Crippen LogP contribution < -0.4 is 0 Å². The molecule has 0 aliphatic heterocycles. The van der Waals surface area contributed by atoms with Gasteiger partial charge in [-0.05, 0) is 55.2 Å². The monoisotopic (exact) mass is 362 g/mol. The minimum absolute atomic E-state index is 0.315. The number of aromatic carboxylic acids is 2. The van der Waals surface area contributed by atoms with Crippen molar-refractivity contribution in [1.82, 2.24) is 0 Å². The van der Waals surface area contributed by atoms with Crippen molar-refractivity contribution >= 4 is 11.9 Å². The van der Waals surface area contributed by atoms with Crippen LogP contribution in [-0.2, 0) is 0 Å². The molecule has 0 atom stereocenters. The first-order valence-electron chi connectivity index (χ1n) is 8.49. The van der Waals surface area contributed by atoms with E-state index in [1.807, 2.05) is 75.4 Å². The van der Waals surface area contributed by atoms with Crippen molar-refractivity contribution < 1.29 is 19.8 Å². The second kappa shape index (κ2) is 8.81. The fourth-order valence-electron chi connectivity index (χ4n) is 2.95. The van der Waals surface area contributed by atoms with Gasteiger partial charge in [-0.15, -0.1) is 0 Å². The van der Waals surface area contributed by atoms with E-state index in [2.05, 4.69) is 0 Å². The van der Waals surface area contributed by atoms with Crippen LogP contribution in [0.4, 0.5) is 0 Å². The molecule has 0 fully saturated rings. The summed E-state index contributed by atoms with van der Waals surface area (Å²) >= 11 is 0. The van der Waals surface area contributed by atoms with Gasteiger partial charge in [0.1, 0.15) is 0 Å². The van der Waals surface area contributed by atoms with Gasteiger partial charge in [0.25, 0.3) is 0 Å². The molecule has 4 nitrogen and oxygen atoms in total. The van der Waals surface area contributed by atoms with Gasteiger partial charge in [0, 0.05) is 0 Å². The van der Waals surface area contributed by atoms with Crippen LogP contribution in [0, 0.1) is 20.8 Å². The third-order valence-corrected chi connectivity index (χ3v) is 4.13. The Balaban J connectivity index is 0.000000199. The Hall–Kier alpha value is -3.40. The average molecular weight is 362 g/mol. The number of hydrogen-bond acceptors (Lipinski definition) is 2. The van der Waals surface area contributed by atoms with E-state index in [-0.39, 0.29) is 0 Å². The van der Waals surface area contributed by atoms with Gasteiger partial charge in [-0.3, -0.25) is 0 Å². The molecule has 0 unspecified atom stereocenters. The number of carboxylic acid groups (broad SMARTS) is 2. The fraction of sp³-hybridized carbons (Fsp3) is 0.130. The van der Waals surface area contributed by atoms with Gasteiger partial charge in [0.15, 0.2) is 0 Å². The fourth-order valence-corrected chi connectivity index (χ4v) is 2.95. The molecule has 0 aliphatic carbocycles. The van der Waals surface area contributed by atoms with E-state index in [1.54, 1.807) is 12.1 Å². The molecule has 0 heterocycles. The van der Waals surface area contributed by atoms with Gasteiger partial charge < -0.3 is 10.2 Å². The molecular formula is C23H22O4. The molecule has 0 aromatic heterocycles. The molecule has 4 heteroatoms. The SMILES string of the molecule is Cc1cc(C)c(C(=O)O)c(C)c1.O=C(O)c1ccc(-c2ccccc2)cc1. The number of hydrogen-bond donors (Lipinski definition) is 2. The lowest BCUT2D eigenvalue weighted by Crippen LogP contribution is -2.03. The van der Waals surface area contributed by atoms with E-state index in [0.29, 0.717) is 11.1 Å². The standard InChI is InChI=1S/C13H10O2.C10H12O2/c14-13(15)12-8-6-11(7-9-12)10-4-2-1-3-5-10;1-6-4-7(2)9(10(11)12)8(3)5-6/h1-9H,(H,14,15);4-5H,1-3H3,(H,11,12). The van der Waals surface area contributed by atoms with Gasteiger partial charge >= 0.3 is 11.9 Å². The highest BCUT2D eigenvalue weighted by molar-refractivity contribution is 5.91. The summed E-state index contributed by atoms with van der Waals surface area (Å²) in [6, 6.07) is 20.5. The summed E-state index contributed by atoms with van der Waals surface area (Å²) in [6.07, 6.45) is 0. The van der Waals surface area contributed by atoms with Crippen molar-refractivity contribution in [3.05, 3.63) is 94.5 Å². The van der Waals surface area contributed by atoms with Crippen LogP contribution in [0.3, 0.4) is 0 Å². The van der Waals surface area contributed by atoms with E-state index in [0.717, 1.165) is 27.8 Å². The Kier molecular flexibility index (Phi) is 6.50. The molecule has 3 aromatic carbocycles. The minimum atomic E-state index is -0.894. The Morgan fingerprint density at radius 1 is 0.667 bits per heavy atom.